The van der Waals surface area contributed by atoms with E-state index in [4.69, 9.17) is 5.73 Å². The second-order valence-corrected chi connectivity index (χ2v) is 5.33. The van der Waals surface area contributed by atoms with E-state index < -0.39 is 4.92 Å². The Morgan fingerprint density at radius 2 is 2.30 bits per heavy atom. The number of nitrogens with two attached hydrogens (primary N) is 1. The fraction of sp³-hybridized carbons (Fsp3) is 0.0769. The number of aromatic nitrogens is 2. The van der Waals surface area contributed by atoms with Crippen molar-refractivity contribution in [1.82, 2.24) is 15.6 Å². The molecule has 1 aromatic heterocycles. The number of hydrogen-bond donors (Lipinski definition) is 2. The van der Waals surface area contributed by atoms with Crippen molar-refractivity contribution >= 4 is 40.4 Å². The third kappa shape index (κ3) is 5.28. The lowest BCUT2D eigenvalue weighted by Gasteiger charge is -1.95. The van der Waals surface area contributed by atoms with Gasteiger partial charge in [0.25, 0.3) is 5.69 Å². The first-order valence-electron chi connectivity index (χ1n) is 6.35. The van der Waals surface area contributed by atoms with Gasteiger partial charge in [-0.15, -0.1) is 10.2 Å². The van der Waals surface area contributed by atoms with E-state index in [9.17, 15) is 14.9 Å². The van der Waals surface area contributed by atoms with Crippen LogP contribution >= 0.6 is 11.3 Å². The lowest BCUT2D eigenvalue weighted by Crippen LogP contribution is -2.19. The summed E-state index contributed by atoms with van der Waals surface area (Å²) in [6, 6.07) is 6.15. The number of benzene rings is 1. The van der Waals surface area contributed by atoms with Gasteiger partial charge in [-0.05, 0) is 11.6 Å². The molecule has 0 atom stereocenters. The molecule has 23 heavy (non-hydrogen) atoms. The number of amides is 1. The molecule has 0 radical (unpaired) electrons. The Hall–Kier alpha value is -3.14. The summed E-state index contributed by atoms with van der Waals surface area (Å²) in [5.41, 5.74) is 8.40. The average Bonchev–Trinajstić information content (AvgIpc) is 2.92. The Balaban J connectivity index is 1.83. The standard InChI is InChI=1S/C13H12N6O3S/c14-13-18-17-12(23-13)8-11(20)16-15-6-2-4-9-3-1-5-10(7-9)19(21)22/h1-7H,8H2,(H2,14,18)(H,16,20)/b4-2+,15-6+. The van der Waals surface area contributed by atoms with Gasteiger partial charge in [0.1, 0.15) is 5.01 Å². The molecule has 2 rings (SSSR count). The van der Waals surface area contributed by atoms with Crippen LogP contribution in [0.3, 0.4) is 0 Å². The normalized spacial score (nSPS) is 11.1. The minimum Gasteiger partial charge on any atom is -0.374 e. The highest BCUT2D eigenvalue weighted by atomic mass is 32.1. The predicted molar refractivity (Wildman–Crippen MR) is 86.8 cm³/mol. The molecule has 1 heterocycles. The van der Waals surface area contributed by atoms with Crippen LogP contribution in [0.1, 0.15) is 10.6 Å². The van der Waals surface area contributed by atoms with E-state index in [0.717, 1.165) is 11.3 Å². The van der Waals surface area contributed by atoms with Crippen LogP contribution in [0.15, 0.2) is 35.4 Å². The number of nitro benzene ring substituents is 1. The zero-order valence-electron chi connectivity index (χ0n) is 11.7. The monoisotopic (exact) mass is 332 g/mol. The van der Waals surface area contributed by atoms with Crippen molar-refractivity contribution in [2.24, 2.45) is 5.10 Å². The van der Waals surface area contributed by atoms with Gasteiger partial charge in [0.15, 0.2) is 0 Å². The van der Waals surface area contributed by atoms with Crippen molar-refractivity contribution in [2.75, 3.05) is 5.73 Å². The molecule has 3 N–H and O–H groups in total. The van der Waals surface area contributed by atoms with Gasteiger partial charge >= 0.3 is 0 Å². The van der Waals surface area contributed by atoms with Crippen LogP contribution in [0.4, 0.5) is 10.8 Å². The van der Waals surface area contributed by atoms with Gasteiger partial charge in [0, 0.05) is 18.3 Å². The van der Waals surface area contributed by atoms with E-state index in [1.54, 1.807) is 24.3 Å². The molecule has 0 spiro atoms. The molecule has 0 aliphatic heterocycles. The molecule has 10 heteroatoms. The quantitative estimate of drug-likeness (QED) is 0.466. The number of nitrogen functional groups attached to an aromatic ring is 1. The number of nitro groups is 1. The topological polar surface area (TPSA) is 136 Å². The number of hydrogen-bond acceptors (Lipinski definition) is 8. The molecule has 1 amide bonds. The second-order valence-electron chi connectivity index (χ2n) is 4.24. The van der Waals surface area contributed by atoms with Crippen LogP contribution in [0, 0.1) is 10.1 Å². The van der Waals surface area contributed by atoms with Crippen LogP contribution in [0.2, 0.25) is 0 Å². The first-order chi connectivity index (χ1) is 11.0. The highest BCUT2D eigenvalue weighted by Gasteiger charge is 2.06. The Labute approximate surface area is 134 Å². The maximum Gasteiger partial charge on any atom is 0.270 e. The van der Waals surface area contributed by atoms with E-state index in [1.807, 2.05) is 0 Å². The highest BCUT2D eigenvalue weighted by Crippen LogP contribution is 2.14. The number of hydrazone groups is 1. The van der Waals surface area contributed by atoms with Gasteiger partial charge in [0.05, 0.1) is 11.3 Å². The molecule has 0 aliphatic rings. The SMILES string of the molecule is Nc1nnc(CC(=O)N/N=C/C=C/c2cccc([N+](=O)[O-])c2)s1. The van der Waals surface area contributed by atoms with Crippen molar-refractivity contribution in [2.45, 2.75) is 6.42 Å². The Bertz CT molecular complexity index is 771. The van der Waals surface area contributed by atoms with Crippen molar-refractivity contribution < 1.29 is 9.72 Å². The fourth-order valence-corrected chi connectivity index (χ4v) is 2.17. The van der Waals surface area contributed by atoms with Gasteiger partial charge < -0.3 is 5.73 Å². The van der Waals surface area contributed by atoms with E-state index in [2.05, 4.69) is 20.7 Å². The smallest absolute Gasteiger partial charge is 0.270 e. The molecule has 9 nitrogen and oxygen atoms in total. The van der Waals surface area contributed by atoms with Gasteiger partial charge in [-0.3, -0.25) is 14.9 Å². The second kappa shape index (κ2) is 7.75. The summed E-state index contributed by atoms with van der Waals surface area (Å²) in [7, 11) is 0. The molecule has 0 fully saturated rings. The minimum atomic E-state index is -0.466. The van der Waals surface area contributed by atoms with E-state index in [1.165, 1.54) is 18.3 Å². The number of carbonyl (C=O) groups is 1. The number of anilines is 1. The van der Waals surface area contributed by atoms with Gasteiger partial charge in [-0.25, -0.2) is 5.43 Å². The first kappa shape index (κ1) is 16.2. The van der Waals surface area contributed by atoms with Crippen LogP contribution < -0.4 is 11.2 Å². The molecular weight excluding hydrogens is 320 g/mol. The zero-order chi connectivity index (χ0) is 16.7. The molecule has 2 aromatic rings. The molecule has 0 unspecified atom stereocenters. The first-order valence-corrected chi connectivity index (χ1v) is 7.17. The average molecular weight is 332 g/mol. The van der Waals surface area contributed by atoms with E-state index in [-0.39, 0.29) is 18.0 Å². The number of non-ortho nitro benzene ring substituents is 1. The number of allylic oxidation sites excluding steroid dienone is 1. The van der Waals surface area contributed by atoms with Crippen molar-refractivity contribution in [1.29, 1.82) is 0 Å². The summed E-state index contributed by atoms with van der Waals surface area (Å²) in [5.74, 6) is -0.346. The third-order valence-corrected chi connectivity index (χ3v) is 3.27. The van der Waals surface area contributed by atoms with Crippen LogP contribution in [0.25, 0.3) is 6.08 Å². The third-order valence-electron chi connectivity index (χ3n) is 2.51. The van der Waals surface area contributed by atoms with Gasteiger partial charge in [-0.1, -0.05) is 29.5 Å². The lowest BCUT2D eigenvalue weighted by atomic mass is 10.2. The highest BCUT2D eigenvalue weighted by molar-refractivity contribution is 7.15. The molecule has 0 bridgehead atoms. The Kier molecular flexibility index (Phi) is 5.47. The molecule has 0 saturated carbocycles. The maximum absolute atomic E-state index is 11.5. The Morgan fingerprint density at radius 3 is 3.00 bits per heavy atom. The van der Waals surface area contributed by atoms with Crippen LogP contribution in [-0.2, 0) is 11.2 Å². The fourth-order valence-electron chi connectivity index (χ4n) is 1.56. The Morgan fingerprint density at radius 1 is 1.48 bits per heavy atom. The summed E-state index contributed by atoms with van der Waals surface area (Å²) in [5, 5.41) is 22.5. The molecule has 0 aliphatic carbocycles. The molecule has 118 valence electrons. The summed E-state index contributed by atoms with van der Waals surface area (Å²) in [4.78, 5) is 21.7. The van der Waals surface area contributed by atoms with Crippen molar-refractivity contribution in [3.05, 3.63) is 51.0 Å². The maximum atomic E-state index is 11.5. The number of rotatable bonds is 6. The number of nitrogens with zero attached hydrogens (tertiary/aromatic N) is 4. The van der Waals surface area contributed by atoms with Crippen molar-refractivity contribution in [3.8, 4) is 0 Å². The summed E-state index contributed by atoms with van der Waals surface area (Å²) < 4.78 is 0. The van der Waals surface area contributed by atoms with Gasteiger partial charge in [0.2, 0.25) is 11.0 Å². The summed E-state index contributed by atoms with van der Waals surface area (Å²) in [6.07, 6.45) is 4.60. The summed E-state index contributed by atoms with van der Waals surface area (Å²) in [6.45, 7) is 0. The molecule has 1 aromatic carbocycles. The predicted octanol–water partition coefficient (Wildman–Crippen LogP) is 1.39. The van der Waals surface area contributed by atoms with Crippen LogP contribution in [-0.4, -0.2) is 27.2 Å². The lowest BCUT2D eigenvalue weighted by molar-refractivity contribution is -0.384. The van der Waals surface area contributed by atoms with Gasteiger partial charge in [-0.2, -0.15) is 5.10 Å². The summed E-state index contributed by atoms with van der Waals surface area (Å²) >= 11 is 1.13. The van der Waals surface area contributed by atoms with Crippen molar-refractivity contribution in [3.63, 3.8) is 0 Å². The zero-order valence-corrected chi connectivity index (χ0v) is 12.6. The molecular formula is C13H12N6O3S. The van der Waals surface area contributed by atoms with E-state index in [0.29, 0.717) is 15.7 Å². The van der Waals surface area contributed by atoms with E-state index >= 15 is 0 Å². The van der Waals surface area contributed by atoms with Crippen LogP contribution in [0.5, 0.6) is 0 Å². The number of nitrogens with one attached hydrogen (secondary N) is 1. The largest absolute Gasteiger partial charge is 0.374 e. The molecule has 0 saturated heterocycles. The number of carbonyl (C=O) groups excluding carboxylic acids is 1. The minimum absolute atomic E-state index is 0.00808.